The number of ether oxygens (including phenoxy) is 1. The van der Waals surface area contributed by atoms with Gasteiger partial charge in [0.1, 0.15) is 17.5 Å². The number of hydrogen-bond acceptors (Lipinski definition) is 7. The molecule has 0 fully saturated rings. The van der Waals surface area contributed by atoms with Gasteiger partial charge in [-0.3, -0.25) is 9.59 Å². The highest BCUT2D eigenvalue weighted by Crippen LogP contribution is 2.27. The van der Waals surface area contributed by atoms with Gasteiger partial charge in [-0.25, -0.2) is 14.6 Å². The second-order valence-corrected chi connectivity index (χ2v) is 8.65. The molecule has 4 rings (SSSR count). The summed E-state index contributed by atoms with van der Waals surface area (Å²) in [6.45, 7) is 1.47. The number of ketones is 1. The number of methoxy groups -OCH3 is 1. The number of aromatic hydroxyl groups is 1. The Morgan fingerprint density at radius 1 is 0.947 bits per heavy atom. The highest BCUT2D eigenvalue weighted by Gasteiger charge is 2.25. The van der Waals surface area contributed by atoms with Crippen molar-refractivity contribution in [1.82, 2.24) is 10.3 Å². The Hall–Kier alpha value is -5.05. The van der Waals surface area contributed by atoms with Gasteiger partial charge in [0.25, 0.3) is 5.91 Å². The van der Waals surface area contributed by atoms with E-state index in [4.69, 9.17) is 4.74 Å². The van der Waals surface area contributed by atoms with E-state index in [1.54, 1.807) is 48.5 Å². The number of Topliss-reactive ketones (excluding diaryl/α,β-unsaturated/α-hetero) is 1. The molecule has 9 nitrogen and oxygen atoms in total. The number of carbonyl (C=O) groups is 4. The van der Waals surface area contributed by atoms with Gasteiger partial charge in [-0.05, 0) is 60.0 Å². The average molecular weight is 513 g/mol. The van der Waals surface area contributed by atoms with Gasteiger partial charge in [0, 0.05) is 17.4 Å². The molecule has 0 aliphatic rings. The summed E-state index contributed by atoms with van der Waals surface area (Å²) >= 11 is 0. The van der Waals surface area contributed by atoms with Crippen molar-refractivity contribution in [3.8, 4) is 16.9 Å². The Morgan fingerprint density at radius 2 is 1.66 bits per heavy atom. The third kappa shape index (κ3) is 5.67. The molecule has 1 unspecified atom stereocenters. The zero-order valence-electron chi connectivity index (χ0n) is 20.6. The molecule has 0 saturated carbocycles. The summed E-state index contributed by atoms with van der Waals surface area (Å²) in [5, 5.41) is 22.3. The number of pyridine rings is 1. The number of rotatable bonds is 8. The second kappa shape index (κ2) is 10.9. The van der Waals surface area contributed by atoms with Gasteiger partial charge in [0.05, 0.1) is 18.2 Å². The van der Waals surface area contributed by atoms with Gasteiger partial charge in [-0.15, -0.1) is 0 Å². The molecule has 1 aromatic heterocycles. The van der Waals surface area contributed by atoms with E-state index in [9.17, 15) is 29.4 Å². The number of hydrogen-bond donors (Lipinski definition) is 3. The highest BCUT2D eigenvalue weighted by atomic mass is 16.5. The van der Waals surface area contributed by atoms with Gasteiger partial charge >= 0.3 is 11.9 Å². The van der Waals surface area contributed by atoms with Crippen molar-refractivity contribution >= 4 is 34.5 Å². The number of carbonyl (C=O) groups excluding carboxylic acids is 3. The van der Waals surface area contributed by atoms with Crippen LogP contribution in [0.5, 0.6) is 5.75 Å². The summed E-state index contributed by atoms with van der Waals surface area (Å²) in [6.07, 6.45) is 0.0841. The smallest absolute Gasteiger partial charge is 0.336 e. The maximum atomic E-state index is 13.1. The first-order chi connectivity index (χ1) is 18.2. The zero-order chi connectivity index (χ0) is 27.4. The van der Waals surface area contributed by atoms with E-state index in [0.717, 1.165) is 11.6 Å². The third-order valence-electron chi connectivity index (χ3n) is 6.04. The molecule has 3 aromatic carbocycles. The number of nitrogens with zero attached hydrogens (tertiary/aromatic N) is 1. The predicted octanol–water partition coefficient (Wildman–Crippen LogP) is 4.02. The minimum atomic E-state index is -1.25. The molecule has 0 aliphatic heterocycles. The van der Waals surface area contributed by atoms with Crippen LogP contribution in [0.3, 0.4) is 0 Å². The Bertz CT molecular complexity index is 1560. The zero-order valence-corrected chi connectivity index (χ0v) is 20.6. The van der Waals surface area contributed by atoms with Crippen LogP contribution < -0.4 is 5.32 Å². The summed E-state index contributed by atoms with van der Waals surface area (Å²) in [6, 6.07) is 18.2. The largest absolute Gasteiger partial charge is 0.508 e. The lowest BCUT2D eigenvalue weighted by Gasteiger charge is -2.17. The van der Waals surface area contributed by atoms with Crippen molar-refractivity contribution in [2.45, 2.75) is 19.4 Å². The summed E-state index contributed by atoms with van der Waals surface area (Å²) in [5.74, 6) is -2.73. The van der Waals surface area contributed by atoms with E-state index in [-0.39, 0.29) is 34.7 Å². The molecular formula is C29H24N2O7. The first-order valence-electron chi connectivity index (χ1n) is 11.6. The van der Waals surface area contributed by atoms with Crippen molar-refractivity contribution in [3.63, 3.8) is 0 Å². The monoisotopic (exact) mass is 512 g/mol. The Labute approximate surface area is 217 Å². The van der Waals surface area contributed by atoms with Gasteiger partial charge in [0.2, 0.25) is 0 Å². The number of aromatic nitrogens is 1. The minimum Gasteiger partial charge on any atom is -0.508 e. The van der Waals surface area contributed by atoms with E-state index in [2.05, 4.69) is 10.3 Å². The van der Waals surface area contributed by atoms with E-state index >= 15 is 0 Å². The van der Waals surface area contributed by atoms with Gasteiger partial charge < -0.3 is 20.3 Å². The lowest BCUT2D eigenvalue weighted by Crippen LogP contribution is -2.43. The number of amides is 1. The third-order valence-corrected chi connectivity index (χ3v) is 6.04. The summed E-state index contributed by atoms with van der Waals surface area (Å²) in [5.41, 5.74) is 2.55. The minimum absolute atomic E-state index is 0.0590. The van der Waals surface area contributed by atoms with Crippen molar-refractivity contribution in [3.05, 3.63) is 95.2 Å². The maximum absolute atomic E-state index is 13.1. The quantitative estimate of drug-likeness (QED) is 0.237. The molecule has 4 aromatic rings. The van der Waals surface area contributed by atoms with E-state index in [1.165, 1.54) is 26.2 Å². The molecule has 1 amide bonds. The van der Waals surface area contributed by atoms with Crippen LogP contribution in [0, 0.1) is 0 Å². The van der Waals surface area contributed by atoms with Crippen molar-refractivity contribution in [1.29, 1.82) is 0 Å². The topological polar surface area (TPSA) is 143 Å². The molecule has 1 heterocycles. The van der Waals surface area contributed by atoms with Gasteiger partial charge in [0.15, 0.2) is 5.78 Å². The van der Waals surface area contributed by atoms with Crippen molar-refractivity contribution in [2.75, 3.05) is 7.11 Å². The van der Waals surface area contributed by atoms with Crippen LogP contribution in [0.1, 0.15) is 43.7 Å². The number of aromatic carboxylic acids is 1. The van der Waals surface area contributed by atoms with E-state index in [0.29, 0.717) is 22.1 Å². The number of phenols is 1. The standard InChI is InChI=1S/C29H24N2O7/c1-16(32)18-4-3-5-19(13-18)20-8-11-24-22(14-20)23(28(35)36)15-25(30-24)27(34)31-26(29(37)38-2)12-17-6-9-21(33)10-7-17/h3-11,13-15,26,33H,12H2,1-2H3,(H,31,34)(H,35,36). The molecule has 38 heavy (non-hydrogen) atoms. The Morgan fingerprint density at radius 3 is 2.32 bits per heavy atom. The predicted molar refractivity (Wildman–Crippen MR) is 139 cm³/mol. The van der Waals surface area contributed by atoms with E-state index < -0.39 is 23.9 Å². The molecule has 9 heteroatoms. The second-order valence-electron chi connectivity index (χ2n) is 8.65. The number of phenolic OH excluding ortho intramolecular Hbond substituents is 1. The molecule has 1 atom stereocenters. The maximum Gasteiger partial charge on any atom is 0.336 e. The summed E-state index contributed by atoms with van der Waals surface area (Å²) < 4.78 is 4.82. The number of nitrogens with one attached hydrogen (secondary N) is 1. The summed E-state index contributed by atoms with van der Waals surface area (Å²) in [4.78, 5) is 53.7. The number of carboxylic acids is 1. The number of benzene rings is 3. The molecule has 0 saturated heterocycles. The molecular weight excluding hydrogens is 488 g/mol. The van der Waals surface area contributed by atoms with Crippen LogP contribution in [0.2, 0.25) is 0 Å². The fourth-order valence-corrected chi connectivity index (χ4v) is 4.05. The normalized spacial score (nSPS) is 11.5. The number of carboxylic acid groups (broad SMARTS) is 1. The summed E-state index contributed by atoms with van der Waals surface area (Å²) in [7, 11) is 1.19. The molecule has 0 radical (unpaired) electrons. The molecule has 192 valence electrons. The van der Waals surface area contributed by atoms with Crippen molar-refractivity contribution < 1.29 is 34.1 Å². The fraction of sp³-hybridized carbons (Fsp3) is 0.138. The lowest BCUT2D eigenvalue weighted by atomic mass is 9.98. The van der Waals surface area contributed by atoms with Crippen molar-refractivity contribution in [2.24, 2.45) is 0 Å². The highest BCUT2D eigenvalue weighted by molar-refractivity contribution is 6.07. The SMILES string of the molecule is COC(=O)C(Cc1ccc(O)cc1)NC(=O)c1cc(C(=O)O)c2cc(-c3cccc(C(C)=O)c3)ccc2n1. The fourth-order valence-electron chi connectivity index (χ4n) is 4.05. The van der Waals surface area contributed by atoms with Gasteiger partial charge in [-0.2, -0.15) is 0 Å². The molecule has 0 bridgehead atoms. The van der Waals surface area contributed by atoms with Crippen LogP contribution in [-0.2, 0) is 16.0 Å². The first-order valence-corrected chi connectivity index (χ1v) is 11.6. The number of esters is 1. The average Bonchev–Trinajstić information content (AvgIpc) is 2.92. The van der Waals surface area contributed by atoms with Crippen LogP contribution in [0.25, 0.3) is 22.0 Å². The lowest BCUT2D eigenvalue weighted by molar-refractivity contribution is -0.142. The molecule has 3 N–H and O–H groups in total. The first kappa shape index (κ1) is 26.0. The van der Waals surface area contributed by atoms with Crippen LogP contribution in [0.15, 0.2) is 72.8 Å². The molecule has 0 aliphatic carbocycles. The number of fused-ring (bicyclic) bond motifs is 1. The van der Waals surface area contributed by atoms with Crippen LogP contribution >= 0.6 is 0 Å². The van der Waals surface area contributed by atoms with E-state index in [1.807, 2.05) is 6.07 Å². The van der Waals surface area contributed by atoms with Crippen LogP contribution in [-0.4, -0.2) is 52.0 Å². The Kier molecular flexibility index (Phi) is 7.48. The van der Waals surface area contributed by atoms with Gasteiger partial charge in [-0.1, -0.05) is 36.4 Å². The van der Waals surface area contributed by atoms with Crippen LogP contribution in [0.4, 0.5) is 0 Å². The Balaban J connectivity index is 1.68. The molecule has 0 spiro atoms.